The molecule has 140 valence electrons. The number of carbonyl (C=O) groups is 2. The van der Waals surface area contributed by atoms with Gasteiger partial charge in [-0.1, -0.05) is 0 Å². The molecule has 0 aliphatic heterocycles. The lowest BCUT2D eigenvalue weighted by molar-refractivity contribution is -0.274. The number of aldehydes is 1. The fraction of sp³-hybridized carbons (Fsp3) is 0.118. The number of aromatic nitrogens is 2. The number of aryl methyl sites for hydroxylation is 1. The first-order valence-electron chi connectivity index (χ1n) is 7.46. The Morgan fingerprint density at radius 2 is 1.89 bits per heavy atom. The van der Waals surface area contributed by atoms with Crippen LogP contribution in [0.2, 0.25) is 0 Å². The Morgan fingerprint density at radius 3 is 2.48 bits per heavy atom. The molecule has 0 saturated carbocycles. The Balaban J connectivity index is 1.87. The van der Waals surface area contributed by atoms with Gasteiger partial charge in [0.15, 0.2) is 5.69 Å². The molecule has 0 fully saturated rings. The molecule has 0 aliphatic carbocycles. The van der Waals surface area contributed by atoms with Gasteiger partial charge in [0.2, 0.25) is 0 Å². The highest BCUT2D eigenvalue weighted by atomic mass is 19.4. The number of ether oxygens (including phenoxy) is 1. The van der Waals surface area contributed by atoms with Crippen molar-refractivity contribution >= 4 is 28.8 Å². The smallest absolute Gasteiger partial charge is 0.406 e. The van der Waals surface area contributed by atoms with Crippen LogP contribution in [0, 0.1) is 5.82 Å². The van der Waals surface area contributed by atoms with E-state index in [4.69, 9.17) is 0 Å². The molecule has 1 aromatic heterocycles. The van der Waals surface area contributed by atoms with Crippen molar-refractivity contribution in [3.8, 4) is 5.75 Å². The van der Waals surface area contributed by atoms with Crippen molar-refractivity contribution in [2.45, 2.75) is 6.36 Å². The number of halogens is 4. The van der Waals surface area contributed by atoms with Gasteiger partial charge in [0.1, 0.15) is 17.9 Å². The summed E-state index contributed by atoms with van der Waals surface area (Å²) >= 11 is 0. The first-order valence-corrected chi connectivity index (χ1v) is 7.46. The van der Waals surface area contributed by atoms with Crippen LogP contribution in [0.5, 0.6) is 5.75 Å². The minimum Gasteiger partial charge on any atom is -0.406 e. The molecule has 3 rings (SSSR count). The molecule has 0 saturated heterocycles. The summed E-state index contributed by atoms with van der Waals surface area (Å²) in [6.45, 7) is 0. The predicted molar refractivity (Wildman–Crippen MR) is 87.1 cm³/mol. The molecule has 0 atom stereocenters. The second-order valence-corrected chi connectivity index (χ2v) is 5.51. The van der Waals surface area contributed by atoms with E-state index in [0.717, 1.165) is 18.2 Å². The molecule has 3 aromatic rings. The molecule has 10 heteroatoms. The Labute approximate surface area is 149 Å². The summed E-state index contributed by atoms with van der Waals surface area (Å²) < 4.78 is 55.8. The normalized spacial score (nSPS) is 11.4. The molecule has 27 heavy (non-hydrogen) atoms. The van der Waals surface area contributed by atoms with Gasteiger partial charge in [0.05, 0.1) is 10.9 Å². The van der Waals surface area contributed by atoms with Crippen molar-refractivity contribution in [1.82, 2.24) is 9.78 Å². The van der Waals surface area contributed by atoms with Crippen LogP contribution in [0.3, 0.4) is 0 Å². The van der Waals surface area contributed by atoms with E-state index >= 15 is 0 Å². The van der Waals surface area contributed by atoms with Crippen molar-refractivity contribution in [3.63, 3.8) is 0 Å². The van der Waals surface area contributed by atoms with E-state index in [1.807, 2.05) is 0 Å². The lowest BCUT2D eigenvalue weighted by Gasteiger charge is -2.09. The van der Waals surface area contributed by atoms with Crippen molar-refractivity contribution < 1.29 is 31.9 Å². The van der Waals surface area contributed by atoms with Crippen LogP contribution < -0.4 is 10.1 Å². The number of nitrogens with one attached hydrogen (secondary N) is 1. The fourth-order valence-corrected chi connectivity index (χ4v) is 2.51. The number of anilines is 1. The maximum Gasteiger partial charge on any atom is 0.573 e. The van der Waals surface area contributed by atoms with Gasteiger partial charge in [-0.05, 0) is 36.4 Å². The summed E-state index contributed by atoms with van der Waals surface area (Å²) in [6.07, 6.45) is -4.35. The number of alkyl halides is 3. The van der Waals surface area contributed by atoms with E-state index in [1.54, 1.807) is 0 Å². The molecule has 0 unspecified atom stereocenters. The monoisotopic (exact) mass is 381 g/mol. The molecule has 2 aromatic carbocycles. The number of carbonyl (C=O) groups excluding carboxylic acids is 2. The number of rotatable bonds is 4. The number of benzene rings is 2. The van der Waals surface area contributed by atoms with E-state index < -0.39 is 23.8 Å². The number of amides is 1. The highest BCUT2D eigenvalue weighted by Gasteiger charge is 2.31. The molecule has 6 nitrogen and oxygen atoms in total. The zero-order valence-corrected chi connectivity index (χ0v) is 13.7. The average Bonchev–Trinajstić information content (AvgIpc) is 2.93. The average molecular weight is 381 g/mol. The van der Waals surface area contributed by atoms with E-state index in [9.17, 15) is 27.2 Å². The maximum atomic E-state index is 14.3. The topological polar surface area (TPSA) is 73.2 Å². The third-order valence-electron chi connectivity index (χ3n) is 3.62. The van der Waals surface area contributed by atoms with Gasteiger partial charge in [0.25, 0.3) is 5.91 Å². The molecule has 1 heterocycles. The minimum atomic E-state index is -4.82. The molecule has 1 amide bonds. The van der Waals surface area contributed by atoms with Gasteiger partial charge >= 0.3 is 6.36 Å². The Bertz CT molecular complexity index is 1030. The lowest BCUT2D eigenvalue weighted by Crippen LogP contribution is -2.17. The molecule has 0 bridgehead atoms. The summed E-state index contributed by atoms with van der Waals surface area (Å²) in [4.78, 5) is 23.3. The van der Waals surface area contributed by atoms with Gasteiger partial charge in [-0.2, -0.15) is 5.10 Å². The van der Waals surface area contributed by atoms with Gasteiger partial charge in [-0.3, -0.25) is 14.3 Å². The summed E-state index contributed by atoms with van der Waals surface area (Å²) in [6, 6.07) is 6.82. The van der Waals surface area contributed by atoms with Gasteiger partial charge < -0.3 is 10.1 Å². The van der Waals surface area contributed by atoms with Crippen LogP contribution in [-0.2, 0) is 7.05 Å². The first-order chi connectivity index (χ1) is 12.7. The molecular formula is C17H11F4N3O3. The first kappa shape index (κ1) is 18.4. The highest BCUT2D eigenvalue weighted by Crippen LogP contribution is 2.26. The fourth-order valence-electron chi connectivity index (χ4n) is 2.51. The predicted octanol–water partition coefficient (Wildman–Crippen LogP) is 3.68. The standard InChI is InChI=1S/C17H11F4N3O3/c1-24-13-7-9(8-25)6-12(18)14(13)15(23-24)16(26)22-10-2-4-11(5-3-10)27-17(19,20)21/h2-8H,1H3,(H,22,26). The highest BCUT2D eigenvalue weighted by molar-refractivity contribution is 6.11. The molecule has 0 aliphatic rings. The lowest BCUT2D eigenvalue weighted by atomic mass is 10.1. The quantitative estimate of drug-likeness (QED) is 0.553. The van der Waals surface area contributed by atoms with Crippen LogP contribution in [0.4, 0.5) is 23.2 Å². The van der Waals surface area contributed by atoms with E-state index in [1.165, 1.54) is 29.9 Å². The molecule has 0 spiro atoms. The third-order valence-corrected chi connectivity index (χ3v) is 3.62. The van der Waals surface area contributed by atoms with Crippen LogP contribution in [-0.4, -0.2) is 28.3 Å². The molecular weight excluding hydrogens is 370 g/mol. The SMILES string of the molecule is Cn1nc(C(=O)Nc2ccc(OC(F)(F)F)cc2)c2c(F)cc(C=O)cc21. The van der Waals surface area contributed by atoms with E-state index in [-0.39, 0.29) is 27.8 Å². The summed E-state index contributed by atoms with van der Waals surface area (Å²) in [7, 11) is 1.48. The molecule has 0 radical (unpaired) electrons. The summed E-state index contributed by atoms with van der Waals surface area (Å²) in [5.74, 6) is -2.00. The van der Waals surface area contributed by atoms with Crippen molar-refractivity contribution in [2.75, 3.05) is 5.32 Å². The van der Waals surface area contributed by atoms with Crippen LogP contribution in [0.15, 0.2) is 36.4 Å². The summed E-state index contributed by atoms with van der Waals surface area (Å²) in [5.41, 5.74) is 0.280. The van der Waals surface area contributed by atoms with Crippen molar-refractivity contribution in [2.24, 2.45) is 7.05 Å². The van der Waals surface area contributed by atoms with Crippen LogP contribution in [0.1, 0.15) is 20.8 Å². The van der Waals surface area contributed by atoms with Crippen molar-refractivity contribution in [1.29, 1.82) is 0 Å². The van der Waals surface area contributed by atoms with Gasteiger partial charge in [-0.25, -0.2) is 4.39 Å². The second kappa shape index (κ2) is 6.71. The molecule has 1 N–H and O–H groups in total. The van der Waals surface area contributed by atoms with Gasteiger partial charge in [0, 0.05) is 18.3 Å². The Kier molecular flexibility index (Phi) is 4.56. The van der Waals surface area contributed by atoms with Crippen LogP contribution in [0.25, 0.3) is 10.9 Å². The zero-order valence-electron chi connectivity index (χ0n) is 13.7. The van der Waals surface area contributed by atoms with Crippen LogP contribution >= 0.6 is 0 Å². The summed E-state index contributed by atoms with van der Waals surface area (Å²) in [5, 5.41) is 6.31. The Hall–Kier alpha value is -3.43. The van der Waals surface area contributed by atoms with Gasteiger partial charge in [-0.15, -0.1) is 13.2 Å². The van der Waals surface area contributed by atoms with Crippen molar-refractivity contribution in [3.05, 3.63) is 53.5 Å². The maximum absolute atomic E-state index is 14.3. The number of hydrogen-bond acceptors (Lipinski definition) is 4. The zero-order chi connectivity index (χ0) is 19.8. The largest absolute Gasteiger partial charge is 0.573 e. The third kappa shape index (κ3) is 3.89. The number of nitrogens with zero attached hydrogens (tertiary/aromatic N) is 2. The van der Waals surface area contributed by atoms with E-state index in [2.05, 4.69) is 15.2 Å². The minimum absolute atomic E-state index is 0.0716. The Morgan fingerprint density at radius 1 is 1.22 bits per heavy atom. The second-order valence-electron chi connectivity index (χ2n) is 5.51. The number of fused-ring (bicyclic) bond motifs is 1. The number of hydrogen-bond donors (Lipinski definition) is 1. The van der Waals surface area contributed by atoms with E-state index in [0.29, 0.717) is 6.29 Å².